The Labute approximate surface area is 58.1 Å². The van der Waals surface area contributed by atoms with Crippen molar-refractivity contribution >= 4 is 7.82 Å². The topological polar surface area (TPSA) is 65.0 Å². The molecule has 0 aliphatic heterocycles. The average molecular weight is 166 g/mol. The predicted molar refractivity (Wildman–Crippen MR) is 33.9 cm³/mol. The maximum absolute atomic E-state index is 10.7. The molecule has 0 aromatic rings. The highest BCUT2D eigenvalue weighted by atomic mass is 31.2. The third-order valence-electron chi connectivity index (χ3n) is 0.507. The molecule has 0 saturated carbocycles. The minimum atomic E-state index is -3.88. The Balaban J connectivity index is 4.07. The summed E-state index contributed by atoms with van der Waals surface area (Å²) in [5, 5.41) is 7.94. The van der Waals surface area contributed by atoms with E-state index in [2.05, 4.69) is 26.9 Å². The summed E-state index contributed by atoms with van der Waals surface area (Å²) in [6.07, 6.45) is 1.64. The second-order valence-electron chi connectivity index (χ2n) is 1.07. The Hall–Kier alpha value is -0.770. The lowest BCUT2D eigenvalue weighted by atomic mass is 11.2. The van der Waals surface area contributed by atoms with Crippen molar-refractivity contribution in [2.24, 2.45) is 0 Å². The van der Waals surface area contributed by atoms with Crippen LogP contribution in [0.5, 0.6) is 0 Å². The minimum absolute atomic E-state index is 0.820. The van der Waals surface area contributed by atoms with Gasteiger partial charge >= 0.3 is 7.82 Å². The molecule has 0 fully saturated rings. The van der Waals surface area contributed by atoms with Gasteiger partial charge in [0.15, 0.2) is 0 Å². The Morgan fingerprint density at radius 3 is 1.90 bits per heavy atom. The van der Waals surface area contributed by atoms with Gasteiger partial charge in [-0.2, -0.15) is 0 Å². The average Bonchev–Trinajstić information content (AvgIpc) is 1.89. The monoisotopic (exact) mass is 166 g/mol. The van der Waals surface area contributed by atoms with E-state index in [0.29, 0.717) is 0 Å². The highest BCUT2D eigenvalue weighted by molar-refractivity contribution is 7.48. The van der Waals surface area contributed by atoms with E-state index in [4.69, 9.17) is 5.26 Å². The normalized spacial score (nSPS) is 10.1. The first-order valence-corrected chi connectivity index (χ1v) is 3.66. The van der Waals surface area contributed by atoms with Crippen LogP contribution in [-0.2, 0) is 18.3 Å². The van der Waals surface area contributed by atoms with Crippen LogP contribution in [0.4, 0.5) is 0 Å². The number of rotatable bonds is 5. The molecular weight excluding hydrogens is 159 g/mol. The summed E-state index contributed by atoms with van der Waals surface area (Å²) in [6.45, 7) is 6.15. The van der Waals surface area contributed by atoms with E-state index < -0.39 is 7.82 Å². The van der Waals surface area contributed by atoms with Gasteiger partial charge in [-0.3, -0.25) is 0 Å². The molecule has 1 N–H and O–H groups in total. The first-order valence-electron chi connectivity index (χ1n) is 2.20. The molecule has 0 aromatic heterocycles. The molecule has 0 unspecified atom stereocenters. The van der Waals surface area contributed by atoms with Crippen molar-refractivity contribution in [3.8, 4) is 0 Å². The molecule has 58 valence electrons. The summed E-state index contributed by atoms with van der Waals surface area (Å²) in [4.78, 5) is 0. The van der Waals surface area contributed by atoms with Gasteiger partial charge in [-0.25, -0.2) is 9.82 Å². The van der Waals surface area contributed by atoms with Crippen LogP contribution in [-0.4, -0.2) is 5.26 Å². The number of phosphoric ester groups is 1. The van der Waals surface area contributed by atoms with Crippen molar-refractivity contribution in [2.75, 3.05) is 0 Å². The molecule has 0 rings (SSSR count). The zero-order valence-electron chi connectivity index (χ0n) is 5.10. The lowest BCUT2D eigenvalue weighted by molar-refractivity contribution is -0.159. The van der Waals surface area contributed by atoms with E-state index in [1.807, 2.05) is 0 Å². The van der Waals surface area contributed by atoms with Gasteiger partial charge in [0.05, 0.1) is 12.5 Å². The van der Waals surface area contributed by atoms with Gasteiger partial charge in [-0.1, -0.05) is 13.2 Å². The molecule has 0 amide bonds. The van der Waals surface area contributed by atoms with E-state index in [1.165, 1.54) is 0 Å². The Morgan fingerprint density at radius 1 is 1.30 bits per heavy atom. The van der Waals surface area contributed by atoms with Crippen molar-refractivity contribution in [3.63, 3.8) is 0 Å². The summed E-state index contributed by atoms with van der Waals surface area (Å²) in [6, 6.07) is 0. The van der Waals surface area contributed by atoms with Crippen LogP contribution in [0.2, 0.25) is 0 Å². The first-order chi connectivity index (χ1) is 4.68. The largest absolute Gasteiger partial charge is 0.614 e. The van der Waals surface area contributed by atoms with Crippen LogP contribution < -0.4 is 0 Å². The van der Waals surface area contributed by atoms with E-state index in [1.54, 1.807) is 0 Å². The van der Waals surface area contributed by atoms with Crippen molar-refractivity contribution in [3.05, 3.63) is 25.7 Å². The van der Waals surface area contributed by atoms with E-state index in [9.17, 15) is 4.57 Å². The Kier molecular flexibility index (Phi) is 3.79. The van der Waals surface area contributed by atoms with Crippen molar-refractivity contribution in [2.45, 2.75) is 0 Å². The van der Waals surface area contributed by atoms with Crippen LogP contribution in [0.1, 0.15) is 0 Å². The molecule has 6 heteroatoms. The van der Waals surface area contributed by atoms with Gasteiger partial charge in [0.25, 0.3) is 0 Å². The molecule has 0 aliphatic carbocycles. The minimum Gasteiger partial charge on any atom is -0.402 e. The van der Waals surface area contributed by atoms with Gasteiger partial charge < -0.3 is 9.05 Å². The molecule has 0 saturated heterocycles. The smallest absolute Gasteiger partial charge is 0.402 e. The fraction of sp³-hybridized carbons (Fsp3) is 0. The van der Waals surface area contributed by atoms with Gasteiger partial charge in [0, 0.05) is 0 Å². The zero-order valence-corrected chi connectivity index (χ0v) is 5.99. The molecule has 0 spiro atoms. The highest BCUT2D eigenvalue weighted by Crippen LogP contribution is 2.48. The van der Waals surface area contributed by atoms with Gasteiger partial charge in [0.2, 0.25) is 0 Å². The molecule has 0 radical (unpaired) electrons. The SMILES string of the molecule is C=COP(=O)(OO)OC=C. The van der Waals surface area contributed by atoms with E-state index in [0.717, 1.165) is 12.5 Å². The standard InChI is InChI=1S/C4H7O5P/c1-3-7-10(6,9-5)8-4-2/h3-5H,1-2H2. The maximum atomic E-state index is 10.7. The fourth-order valence-electron chi connectivity index (χ4n) is 0.246. The molecule has 0 bridgehead atoms. The number of hydrogen-bond donors (Lipinski definition) is 1. The summed E-state index contributed by atoms with van der Waals surface area (Å²) in [5.41, 5.74) is 0. The third kappa shape index (κ3) is 2.68. The zero-order chi connectivity index (χ0) is 8.04. The lowest BCUT2D eigenvalue weighted by Crippen LogP contribution is -1.87. The maximum Gasteiger partial charge on any atom is 0.614 e. The van der Waals surface area contributed by atoms with Crippen molar-refractivity contribution in [1.82, 2.24) is 0 Å². The van der Waals surface area contributed by atoms with Crippen LogP contribution in [0.25, 0.3) is 0 Å². The van der Waals surface area contributed by atoms with E-state index in [-0.39, 0.29) is 0 Å². The molecule has 5 nitrogen and oxygen atoms in total. The molecule has 0 heterocycles. The summed E-state index contributed by atoms with van der Waals surface area (Å²) < 4.78 is 22.5. The van der Waals surface area contributed by atoms with Crippen LogP contribution in [0.15, 0.2) is 25.7 Å². The van der Waals surface area contributed by atoms with Crippen LogP contribution >= 0.6 is 7.82 Å². The van der Waals surface area contributed by atoms with Gasteiger partial charge in [-0.05, 0) is 0 Å². The van der Waals surface area contributed by atoms with E-state index >= 15 is 0 Å². The quantitative estimate of drug-likeness (QED) is 0.292. The lowest BCUT2D eigenvalue weighted by Gasteiger charge is -2.08. The second-order valence-corrected chi connectivity index (χ2v) is 2.55. The molecular formula is C4H7O5P. The molecule has 0 aliphatic rings. The number of hydrogen-bond acceptors (Lipinski definition) is 5. The first kappa shape index (κ1) is 9.23. The van der Waals surface area contributed by atoms with Crippen molar-refractivity contribution < 1.29 is 23.5 Å². The molecule has 10 heavy (non-hydrogen) atoms. The summed E-state index contributed by atoms with van der Waals surface area (Å²) in [5.74, 6) is 0. The highest BCUT2D eigenvalue weighted by Gasteiger charge is 2.26. The van der Waals surface area contributed by atoms with Crippen LogP contribution in [0, 0.1) is 0 Å². The number of phosphoric acid groups is 1. The predicted octanol–water partition coefficient (Wildman–Crippen LogP) is 1.90. The van der Waals surface area contributed by atoms with Gasteiger partial charge in [0.1, 0.15) is 0 Å². The molecule has 0 aromatic carbocycles. The summed E-state index contributed by atoms with van der Waals surface area (Å²) >= 11 is 0. The van der Waals surface area contributed by atoms with Crippen LogP contribution in [0.3, 0.4) is 0 Å². The Bertz CT molecular complexity index is 151. The Morgan fingerprint density at radius 2 is 1.70 bits per heavy atom. The summed E-state index contributed by atoms with van der Waals surface area (Å²) in [7, 11) is -3.88. The fourth-order valence-corrected chi connectivity index (χ4v) is 0.738. The third-order valence-corrected chi connectivity index (χ3v) is 1.52. The van der Waals surface area contributed by atoms with Crippen molar-refractivity contribution in [1.29, 1.82) is 0 Å². The second kappa shape index (κ2) is 4.11. The van der Waals surface area contributed by atoms with Gasteiger partial charge in [-0.15, -0.1) is 4.67 Å². The molecule has 0 atom stereocenters.